The zero-order valence-electron chi connectivity index (χ0n) is 15.8. The molecular formula is C22H18F2O4S. The molecule has 0 N–H and O–H groups in total. The zero-order chi connectivity index (χ0) is 20.8. The second kappa shape index (κ2) is 7.24. The van der Waals surface area contributed by atoms with Crippen LogP contribution < -0.4 is 4.74 Å². The Morgan fingerprint density at radius 3 is 2.41 bits per heavy atom. The highest BCUT2D eigenvalue weighted by molar-refractivity contribution is 7.86. The molecule has 0 radical (unpaired) electrons. The van der Waals surface area contributed by atoms with Gasteiger partial charge in [0.15, 0.2) is 11.6 Å². The summed E-state index contributed by atoms with van der Waals surface area (Å²) in [7, 11) is -2.85. The molecule has 0 fully saturated rings. The van der Waals surface area contributed by atoms with Gasteiger partial charge >= 0.3 is 0 Å². The first kappa shape index (κ1) is 19.5. The first-order valence-corrected chi connectivity index (χ1v) is 10.4. The van der Waals surface area contributed by atoms with E-state index in [0.29, 0.717) is 28.7 Å². The van der Waals surface area contributed by atoms with E-state index in [2.05, 4.69) is 4.18 Å². The summed E-state index contributed by atoms with van der Waals surface area (Å²) in [6.45, 7) is 1.84. The van der Waals surface area contributed by atoms with E-state index in [1.165, 1.54) is 24.3 Å². The van der Waals surface area contributed by atoms with Gasteiger partial charge in [-0.15, -0.1) is 0 Å². The molecule has 29 heavy (non-hydrogen) atoms. The zero-order valence-corrected chi connectivity index (χ0v) is 16.6. The van der Waals surface area contributed by atoms with Crippen LogP contribution in [0.4, 0.5) is 8.78 Å². The minimum Gasteiger partial charge on any atom is -0.482 e. The monoisotopic (exact) mass is 416 g/mol. The average molecular weight is 416 g/mol. The van der Waals surface area contributed by atoms with Crippen molar-refractivity contribution < 1.29 is 26.1 Å². The highest BCUT2D eigenvalue weighted by Crippen LogP contribution is 2.42. The van der Waals surface area contributed by atoms with Crippen molar-refractivity contribution in [1.82, 2.24) is 0 Å². The van der Waals surface area contributed by atoms with Gasteiger partial charge in [0.2, 0.25) is 0 Å². The maximum Gasteiger partial charge on any atom is 0.297 e. The van der Waals surface area contributed by atoms with Gasteiger partial charge < -0.3 is 4.74 Å². The third kappa shape index (κ3) is 3.63. The van der Waals surface area contributed by atoms with Crippen molar-refractivity contribution in [3.63, 3.8) is 0 Å². The average Bonchev–Trinajstić information content (AvgIpc) is 3.13. The number of aryl methyl sites for hydroxylation is 1. The molecule has 1 unspecified atom stereocenters. The number of fused-ring (bicyclic) bond motifs is 1. The molecule has 3 aromatic carbocycles. The van der Waals surface area contributed by atoms with Crippen molar-refractivity contribution in [2.45, 2.75) is 24.3 Å². The van der Waals surface area contributed by atoms with Crippen LogP contribution in [0.15, 0.2) is 59.5 Å². The van der Waals surface area contributed by atoms with Gasteiger partial charge in [-0.05, 0) is 48.4 Å². The second-order valence-corrected chi connectivity index (χ2v) is 8.61. The number of ether oxygens (including phenoxy) is 1. The Labute approximate surface area is 167 Å². The number of hydrogen-bond acceptors (Lipinski definition) is 4. The lowest BCUT2D eigenvalue weighted by molar-refractivity contribution is 0.225. The van der Waals surface area contributed by atoms with Gasteiger partial charge in [-0.2, -0.15) is 8.42 Å². The molecule has 4 nitrogen and oxygen atoms in total. The van der Waals surface area contributed by atoms with E-state index in [9.17, 15) is 17.2 Å². The summed E-state index contributed by atoms with van der Waals surface area (Å²) in [6, 6.07) is 13.7. The topological polar surface area (TPSA) is 52.6 Å². The maximum absolute atomic E-state index is 14.7. The van der Waals surface area contributed by atoms with Crippen molar-refractivity contribution >= 4 is 10.1 Å². The van der Waals surface area contributed by atoms with E-state index in [4.69, 9.17) is 4.74 Å². The summed E-state index contributed by atoms with van der Waals surface area (Å²) < 4.78 is 63.0. The molecule has 1 aliphatic heterocycles. The normalized spacial score (nSPS) is 15.8. The van der Waals surface area contributed by atoms with Crippen molar-refractivity contribution in [3.8, 4) is 16.9 Å². The third-order valence-electron chi connectivity index (χ3n) is 4.96. The molecule has 1 aliphatic rings. The Morgan fingerprint density at radius 2 is 1.72 bits per heavy atom. The summed E-state index contributed by atoms with van der Waals surface area (Å²) in [4.78, 5) is 0.00238. The minimum absolute atomic E-state index is 0.00238. The Morgan fingerprint density at radius 1 is 1.00 bits per heavy atom. The second-order valence-electron chi connectivity index (χ2n) is 6.93. The Hall–Kier alpha value is -2.77. The molecule has 150 valence electrons. The van der Waals surface area contributed by atoms with Gasteiger partial charge in [-0.25, -0.2) is 8.78 Å². The predicted molar refractivity (Wildman–Crippen MR) is 104 cm³/mol. The molecule has 0 amide bonds. The molecule has 0 saturated carbocycles. The van der Waals surface area contributed by atoms with E-state index >= 15 is 0 Å². The SMILES string of the molecule is COS(=O)(=O)c1ccc(C)cc1C1Cc2cc(-c3ccc(F)cc3)cc(F)c2O1. The Balaban J connectivity index is 1.74. The maximum atomic E-state index is 14.7. The summed E-state index contributed by atoms with van der Waals surface area (Å²) >= 11 is 0. The van der Waals surface area contributed by atoms with Crippen LogP contribution in [0.5, 0.6) is 5.75 Å². The van der Waals surface area contributed by atoms with Crippen LogP contribution in [0.2, 0.25) is 0 Å². The lowest BCUT2D eigenvalue weighted by Gasteiger charge is -2.16. The number of halogens is 2. The summed E-state index contributed by atoms with van der Waals surface area (Å²) in [5.41, 5.74) is 3.17. The minimum atomic E-state index is -3.94. The summed E-state index contributed by atoms with van der Waals surface area (Å²) in [5.74, 6) is -0.818. The first-order chi connectivity index (χ1) is 13.8. The van der Waals surface area contributed by atoms with Crippen LogP contribution in [0, 0.1) is 18.6 Å². The van der Waals surface area contributed by atoms with Gasteiger partial charge in [0.05, 0.1) is 7.11 Å². The quantitative estimate of drug-likeness (QED) is 0.565. The standard InChI is InChI=1S/C22H18F2O4S/c1-13-3-8-21(29(25,26)27-2)18(9-13)20-12-16-10-15(11-19(24)22(16)28-20)14-4-6-17(23)7-5-14/h3-11,20H,12H2,1-2H3. The van der Waals surface area contributed by atoms with Gasteiger partial charge in [0, 0.05) is 17.5 Å². The van der Waals surface area contributed by atoms with Crippen molar-refractivity contribution in [2.24, 2.45) is 0 Å². The van der Waals surface area contributed by atoms with Crippen molar-refractivity contribution in [3.05, 3.63) is 82.9 Å². The summed E-state index contributed by atoms with van der Waals surface area (Å²) in [6.07, 6.45) is -0.362. The molecule has 0 aliphatic carbocycles. The lowest BCUT2D eigenvalue weighted by Crippen LogP contribution is -2.12. The van der Waals surface area contributed by atoms with Crippen LogP contribution in [-0.2, 0) is 20.7 Å². The summed E-state index contributed by atoms with van der Waals surface area (Å²) in [5, 5.41) is 0. The Kier molecular flexibility index (Phi) is 4.88. The number of benzene rings is 3. The molecule has 3 aromatic rings. The van der Waals surface area contributed by atoms with Crippen LogP contribution in [0.1, 0.15) is 22.8 Å². The molecule has 1 heterocycles. The van der Waals surface area contributed by atoms with Gasteiger partial charge in [-0.3, -0.25) is 4.18 Å². The lowest BCUT2D eigenvalue weighted by atomic mass is 9.98. The fraction of sp³-hybridized carbons (Fsp3) is 0.182. The van der Waals surface area contributed by atoms with E-state index in [1.54, 1.807) is 30.3 Å². The largest absolute Gasteiger partial charge is 0.482 e. The van der Waals surface area contributed by atoms with Crippen LogP contribution >= 0.6 is 0 Å². The molecule has 0 spiro atoms. The third-order valence-corrected chi connectivity index (χ3v) is 6.31. The van der Waals surface area contributed by atoms with Crippen LogP contribution in [-0.4, -0.2) is 15.5 Å². The van der Waals surface area contributed by atoms with Gasteiger partial charge in [0.1, 0.15) is 16.8 Å². The number of rotatable bonds is 4. The van der Waals surface area contributed by atoms with Crippen LogP contribution in [0.3, 0.4) is 0 Å². The van der Waals surface area contributed by atoms with E-state index in [0.717, 1.165) is 12.7 Å². The molecule has 0 aromatic heterocycles. The van der Waals surface area contributed by atoms with Crippen molar-refractivity contribution in [2.75, 3.05) is 7.11 Å². The molecule has 1 atom stereocenters. The molecule has 0 saturated heterocycles. The highest BCUT2D eigenvalue weighted by Gasteiger charge is 2.32. The first-order valence-electron chi connectivity index (χ1n) is 8.94. The van der Waals surface area contributed by atoms with E-state index in [1.807, 2.05) is 6.92 Å². The highest BCUT2D eigenvalue weighted by atomic mass is 32.2. The number of hydrogen-bond donors (Lipinski definition) is 0. The predicted octanol–water partition coefficient (Wildman–Crippen LogP) is 4.95. The van der Waals surface area contributed by atoms with E-state index in [-0.39, 0.29) is 16.5 Å². The Bertz CT molecular complexity index is 1190. The molecule has 7 heteroatoms. The van der Waals surface area contributed by atoms with Crippen LogP contribution in [0.25, 0.3) is 11.1 Å². The fourth-order valence-corrected chi connectivity index (χ4v) is 4.43. The molecular weight excluding hydrogens is 398 g/mol. The van der Waals surface area contributed by atoms with Gasteiger partial charge in [-0.1, -0.05) is 29.8 Å². The fourth-order valence-electron chi connectivity index (χ4n) is 3.54. The molecule has 0 bridgehead atoms. The van der Waals surface area contributed by atoms with Crippen molar-refractivity contribution in [1.29, 1.82) is 0 Å². The molecule has 4 rings (SSSR count). The van der Waals surface area contributed by atoms with E-state index < -0.39 is 22.0 Å². The smallest absolute Gasteiger partial charge is 0.297 e. The van der Waals surface area contributed by atoms with Gasteiger partial charge in [0.25, 0.3) is 10.1 Å².